The third-order valence-electron chi connectivity index (χ3n) is 4.32. The lowest BCUT2D eigenvalue weighted by Gasteiger charge is -2.13. The van der Waals surface area contributed by atoms with Gasteiger partial charge in [0.2, 0.25) is 0 Å². The molecule has 0 saturated carbocycles. The monoisotopic (exact) mass is 356 g/mol. The molecule has 3 aromatic rings. The number of nitriles is 1. The van der Waals surface area contributed by atoms with Crippen molar-refractivity contribution in [1.82, 2.24) is 15.5 Å². The van der Waals surface area contributed by atoms with Gasteiger partial charge in [-0.3, -0.25) is 9.89 Å². The largest absolute Gasteiger partial charge is 0.345 e. The van der Waals surface area contributed by atoms with Crippen LogP contribution in [-0.4, -0.2) is 16.1 Å². The van der Waals surface area contributed by atoms with Crippen molar-refractivity contribution in [3.63, 3.8) is 0 Å². The van der Waals surface area contributed by atoms with Crippen LogP contribution in [0.1, 0.15) is 29.7 Å². The third kappa shape index (κ3) is 4.31. The van der Waals surface area contributed by atoms with E-state index in [-0.39, 0.29) is 11.6 Å². The van der Waals surface area contributed by atoms with E-state index in [2.05, 4.69) is 15.5 Å². The lowest BCUT2D eigenvalue weighted by atomic mass is 10.0. The Balaban J connectivity index is 1.83. The smallest absolute Gasteiger partial charge is 0.262 e. The summed E-state index contributed by atoms with van der Waals surface area (Å²) in [6, 6.07) is 19.4. The number of H-pyrrole nitrogens is 1. The van der Waals surface area contributed by atoms with Crippen LogP contribution in [0.4, 0.5) is 0 Å². The Morgan fingerprint density at radius 1 is 1.19 bits per heavy atom. The molecular weight excluding hydrogens is 336 g/mol. The van der Waals surface area contributed by atoms with Gasteiger partial charge in [0.25, 0.3) is 5.91 Å². The minimum absolute atomic E-state index is 0.0348. The van der Waals surface area contributed by atoms with Gasteiger partial charge in [-0.1, -0.05) is 60.2 Å². The van der Waals surface area contributed by atoms with Crippen molar-refractivity contribution in [2.45, 2.75) is 19.9 Å². The highest BCUT2D eigenvalue weighted by atomic mass is 16.1. The van der Waals surface area contributed by atoms with Crippen LogP contribution < -0.4 is 5.32 Å². The van der Waals surface area contributed by atoms with Crippen LogP contribution in [0.15, 0.2) is 66.4 Å². The first-order valence-electron chi connectivity index (χ1n) is 8.66. The Kier molecular flexibility index (Phi) is 5.48. The zero-order valence-electron chi connectivity index (χ0n) is 15.2. The fourth-order valence-electron chi connectivity index (χ4n) is 2.76. The number of aromatic nitrogens is 2. The molecule has 0 aliphatic heterocycles. The lowest BCUT2D eigenvalue weighted by Crippen LogP contribution is -2.27. The Hall–Kier alpha value is -3.65. The standard InChI is InChI=1S/C22H20N4O/c1-15-8-10-18(11-9-15)21-20(14-24-26-21)12-19(13-23)22(27)25-16(2)17-6-4-3-5-7-17/h3-12,14,16H,1-2H3,(H,24,26)(H,25,27)/b19-12-/t16-/m1/s1. The second-order valence-electron chi connectivity index (χ2n) is 6.34. The van der Waals surface area contributed by atoms with Crippen molar-refractivity contribution in [1.29, 1.82) is 5.26 Å². The third-order valence-corrected chi connectivity index (χ3v) is 4.32. The van der Waals surface area contributed by atoms with Gasteiger partial charge in [-0.15, -0.1) is 0 Å². The van der Waals surface area contributed by atoms with Crippen LogP contribution in [0.5, 0.6) is 0 Å². The van der Waals surface area contributed by atoms with Crippen LogP contribution in [-0.2, 0) is 4.79 Å². The fourth-order valence-corrected chi connectivity index (χ4v) is 2.76. The van der Waals surface area contributed by atoms with E-state index in [4.69, 9.17) is 0 Å². The van der Waals surface area contributed by atoms with Crippen LogP contribution in [0, 0.1) is 18.3 Å². The predicted molar refractivity (Wildman–Crippen MR) is 105 cm³/mol. The number of hydrogen-bond acceptors (Lipinski definition) is 3. The second-order valence-corrected chi connectivity index (χ2v) is 6.34. The molecule has 1 heterocycles. The Morgan fingerprint density at radius 2 is 1.89 bits per heavy atom. The number of rotatable bonds is 5. The molecule has 27 heavy (non-hydrogen) atoms. The highest BCUT2D eigenvalue weighted by Crippen LogP contribution is 2.23. The van der Waals surface area contributed by atoms with E-state index in [9.17, 15) is 10.1 Å². The van der Waals surface area contributed by atoms with Gasteiger partial charge in [0.05, 0.1) is 17.9 Å². The molecule has 0 radical (unpaired) electrons. The zero-order chi connectivity index (χ0) is 19.2. The molecule has 0 saturated heterocycles. The second kappa shape index (κ2) is 8.15. The summed E-state index contributed by atoms with van der Waals surface area (Å²) in [7, 11) is 0. The molecular formula is C22H20N4O. The molecule has 2 aromatic carbocycles. The summed E-state index contributed by atoms with van der Waals surface area (Å²) < 4.78 is 0. The summed E-state index contributed by atoms with van der Waals surface area (Å²) >= 11 is 0. The molecule has 1 amide bonds. The van der Waals surface area contributed by atoms with Gasteiger partial charge in [0.15, 0.2) is 0 Å². The van der Waals surface area contributed by atoms with Gasteiger partial charge in [0.1, 0.15) is 11.6 Å². The average Bonchev–Trinajstić information content (AvgIpc) is 3.15. The summed E-state index contributed by atoms with van der Waals surface area (Å²) in [6.45, 7) is 3.90. The van der Waals surface area contributed by atoms with Gasteiger partial charge in [-0.2, -0.15) is 10.4 Å². The topological polar surface area (TPSA) is 81.6 Å². The number of aromatic amines is 1. The van der Waals surface area contributed by atoms with E-state index in [1.807, 2.05) is 74.5 Å². The molecule has 3 rings (SSSR count). The molecule has 0 spiro atoms. The molecule has 1 aromatic heterocycles. The quantitative estimate of drug-likeness (QED) is 0.532. The van der Waals surface area contributed by atoms with E-state index in [0.29, 0.717) is 5.56 Å². The summed E-state index contributed by atoms with van der Waals surface area (Å²) in [5, 5.41) is 19.3. The molecule has 0 fully saturated rings. The number of nitrogens with zero attached hydrogens (tertiary/aromatic N) is 2. The van der Waals surface area contributed by atoms with Crippen LogP contribution in [0.2, 0.25) is 0 Å². The zero-order valence-corrected chi connectivity index (χ0v) is 15.2. The van der Waals surface area contributed by atoms with Gasteiger partial charge < -0.3 is 5.32 Å². The van der Waals surface area contributed by atoms with E-state index in [0.717, 1.165) is 22.4 Å². The highest BCUT2D eigenvalue weighted by molar-refractivity contribution is 6.02. The minimum Gasteiger partial charge on any atom is -0.345 e. The highest BCUT2D eigenvalue weighted by Gasteiger charge is 2.15. The van der Waals surface area contributed by atoms with Crippen molar-refractivity contribution in [3.05, 3.63) is 83.1 Å². The molecule has 134 valence electrons. The van der Waals surface area contributed by atoms with Gasteiger partial charge >= 0.3 is 0 Å². The lowest BCUT2D eigenvalue weighted by molar-refractivity contribution is -0.117. The predicted octanol–water partition coefficient (Wildman–Crippen LogP) is 4.17. The number of nitrogens with one attached hydrogen (secondary N) is 2. The summed E-state index contributed by atoms with van der Waals surface area (Å²) in [5.41, 5.74) is 4.57. The van der Waals surface area contributed by atoms with E-state index < -0.39 is 5.91 Å². The number of carbonyl (C=O) groups excluding carboxylic acids is 1. The first-order chi connectivity index (χ1) is 13.1. The summed E-state index contributed by atoms with van der Waals surface area (Å²) in [4.78, 5) is 12.5. The first kappa shape index (κ1) is 18.2. The van der Waals surface area contributed by atoms with Crippen molar-refractivity contribution < 1.29 is 4.79 Å². The maximum Gasteiger partial charge on any atom is 0.262 e. The number of aryl methyl sites for hydroxylation is 1. The van der Waals surface area contributed by atoms with E-state index in [1.165, 1.54) is 0 Å². The molecule has 2 N–H and O–H groups in total. The molecule has 0 bridgehead atoms. The summed E-state index contributed by atoms with van der Waals surface area (Å²) in [6.07, 6.45) is 3.17. The maximum atomic E-state index is 12.5. The Labute approximate surface area is 158 Å². The van der Waals surface area contributed by atoms with Gasteiger partial charge in [-0.25, -0.2) is 0 Å². The van der Waals surface area contributed by atoms with Crippen molar-refractivity contribution >= 4 is 12.0 Å². The SMILES string of the molecule is Cc1ccc(-c2[nH]ncc2/C=C(/C#N)C(=O)N[C@H](C)c2ccccc2)cc1. The van der Waals surface area contributed by atoms with Gasteiger partial charge in [-0.05, 0) is 25.5 Å². The Bertz CT molecular complexity index is 995. The van der Waals surface area contributed by atoms with Gasteiger partial charge in [0, 0.05) is 11.1 Å². The number of hydrogen-bond donors (Lipinski definition) is 2. The minimum atomic E-state index is -0.412. The molecule has 5 nitrogen and oxygen atoms in total. The maximum absolute atomic E-state index is 12.5. The summed E-state index contributed by atoms with van der Waals surface area (Å²) in [5.74, 6) is -0.412. The van der Waals surface area contributed by atoms with Crippen LogP contribution in [0.3, 0.4) is 0 Å². The molecule has 1 atom stereocenters. The first-order valence-corrected chi connectivity index (χ1v) is 8.66. The van der Waals surface area contributed by atoms with E-state index >= 15 is 0 Å². The number of benzene rings is 2. The number of amides is 1. The molecule has 0 aliphatic rings. The average molecular weight is 356 g/mol. The van der Waals surface area contributed by atoms with E-state index in [1.54, 1.807) is 12.3 Å². The van der Waals surface area contributed by atoms with Crippen LogP contribution >= 0.6 is 0 Å². The fraction of sp³-hybridized carbons (Fsp3) is 0.136. The molecule has 5 heteroatoms. The van der Waals surface area contributed by atoms with Crippen molar-refractivity contribution in [2.24, 2.45) is 0 Å². The van der Waals surface area contributed by atoms with Crippen molar-refractivity contribution in [2.75, 3.05) is 0 Å². The molecule has 0 aliphatic carbocycles. The van der Waals surface area contributed by atoms with Crippen molar-refractivity contribution in [3.8, 4) is 17.3 Å². The molecule has 0 unspecified atom stereocenters. The normalized spacial score (nSPS) is 12.3. The number of carbonyl (C=O) groups is 1. The Morgan fingerprint density at radius 3 is 2.56 bits per heavy atom. The van der Waals surface area contributed by atoms with Crippen LogP contribution in [0.25, 0.3) is 17.3 Å².